The predicted octanol–water partition coefficient (Wildman–Crippen LogP) is 3.01. The van der Waals surface area contributed by atoms with E-state index in [9.17, 15) is 0 Å². The van der Waals surface area contributed by atoms with Gasteiger partial charge in [0.15, 0.2) is 5.13 Å². The first-order chi connectivity index (χ1) is 8.81. The molecule has 0 atom stereocenters. The first-order valence-corrected chi connectivity index (χ1v) is 6.50. The van der Waals surface area contributed by atoms with Crippen molar-refractivity contribution >= 4 is 26.7 Å². The number of hydrogen-bond donors (Lipinski definition) is 1. The average molecular weight is 256 g/mol. The lowest BCUT2D eigenvalue weighted by Crippen LogP contribution is -2.02. The maximum atomic E-state index is 4.52. The zero-order chi connectivity index (χ0) is 12.4. The standard InChI is InChI=1S/C13H12N4S/c1-9-3-4-10-11(7-9)18-13(17-10)16-8-12-14-5-2-6-15-12/h2-7H,8H2,1H3,(H,16,17). The van der Waals surface area contributed by atoms with Gasteiger partial charge in [-0.15, -0.1) is 0 Å². The third kappa shape index (κ3) is 2.31. The van der Waals surface area contributed by atoms with Crippen molar-refractivity contribution in [2.24, 2.45) is 0 Å². The van der Waals surface area contributed by atoms with Crippen LogP contribution in [0.15, 0.2) is 36.7 Å². The van der Waals surface area contributed by atoms with Gasteiger partial charge >= 0.3 is 0 Å². The number of nitrogens with one attached hydrogen (secondary N) is 1. The molecule has 0 unspecified atom stereocenters. The van der Waals surface area contributed by atoms with Gasteiger partial charge in [-0.3, -0.25) is 0 Å². The molecule has 0 saturated heterocycles. The molecule has 0 spiro atoms. The lowest BCUT2D eigenvalue weighted by atomic mass is 10.2. The lowest BCUT2D eigenvalue weighted by Gasteiger charge is -1.99. The number of aromatic nitrogens is 3. The Balaban J connectivity index is 1.79. The third-order valence-electron chi connectivity index (χ3n) is 2.56. The van der Waals surface area contributed by atoms with Crippen LogP contribution in [0, 0.1) is 6.92 Å². The summed E-state index contributed by atoms with van der Waals surface area (Å²) < 4.78 is 1.20. The molecule has 4 nitrogen and oxygen atoms in total. The van der Waals surface area contributed by atoms with Crippen molar-refractivity contribution in [1.29, 1.82) is 0 Å². The molecule has 90 valence electrons. The van der Waals surface area contributed by atoms with Gasteiger partial charge in [0.25, 0.3) is 0 Å². The molecule has 0 radical (unpaired) electrons. The first-order valence-electron chi connectivity index (χ1n) is 5.68. The van der Waals surface area contributed by atoms with E-state index in [0.29, 0.717) is 6.54 Å². The van der Waals surface area contributed by atoms with Crippen LogP contribution in [0.25, 0.3) is 10.2 Å². The number of nitrogens with zero attached hydrogens (tertiary/aromatic N) is 3. The van der Waals surface area contributed by atoms with Crippen molar-refractivity contribution in [3.05, 3.63) is 48.0 Å². The van der Waals surface area contributed by atoms with E-state index in [4.69, 9.17) is 0 Å². The molecule has 2 heterocycles. The van der Waals surface area contributed by atoms with Crippen LogP contribution in [0.1, 0.15) is 11.4 Å². The number of thiazole rings is 1. The van der Waals surface area contributed by atoms with Crippen molar-refractivity contribution in [2.45, 2.75) is 13.5 Å². The summed E-state index contributed by atoms with van der Waals surface area (Å²) in [5.74, 6) is 0.771. The van der Waals surface area contributed by atoms with Crippen molar-refractivity contribution in [3.8, 4) is 0 Å². The van der Waals surface area contributed by atoms with Crippen LogP contribution in [-0.2, 0) is 6.54 Å². The number of aryl methyl sites for hydroxylation is 1. The van der Waals surface area contributed by atoms with E-state index in [0.717, 1.165) is 16.5 Å². The van der Waals surface area contributed by atoms with E-state index in [1.807, 2.05) is 12.1 Å². The van der Waals surface area contributed by atoms with Gasteiger partial charge in [-0.25, -0.2) is 15.0 Å². The molecule has 18 heavy (non-hydrogen) atoms. The molecule has 0 saturated carbocycles. The smallest absolute Gasteiger partial charge is 0.184 e. The summed E-state index contributed by atoms with van der Waals surface area (Å²) in [4.78, 5) is 12.9. The Kier molecular flexibility index (Phi) is 2.90. The van der Waals surface area contributed by atoms with Crippen LogP contribution >= 0.6 is 11.3 Å². The minimum Gasteiger partial charge on any atom is -0.354 e. The quantitative estimate of drug-likeness (QED) is 0.782. The van der Waals surface area contributed by atoms with Crippen molar-refractivity contribution in [3.63, 3.8) is 0 Å². The fourth-order valence-electron chi connectivity index (χ4n) is 1.68. The SMILES string of the molecule is Cc1ccc2nc(NCc3ncccn3)sc2c1. The molecule has 0 amide bonds. The van der Waals surface area contributed by atoms with Crippen LogP contribution in [-0.4, -0.2) is 15.0 Å². The maximum absolute atomic E-state index is 4.52. The molecule has 0 aliphatic heterocycles. The van der Waals surface area contributed by atoms with Crippen molar-refractivity contribution < 1.29 is 0 Å². The Morgan fingerprint density at radius 1 is 1.22 bits per heavy atom. The fourth-order valence-corrected chi connectivity index (χ4v) is 2.64. The molecule has 5 heteroatoms. The monoisotopic (exact) mass is 256 g/mol. The minimum absolute atomic E-state index is 0.597. The minimum atomic E-state index is 0.597. The average Bonchev–Trinajstić information content (AvgIpc) is 2.79. The molecular formula is C13H12N4S. The van der Waals surface area contributed by atoms with Crippen LogP contribution in [0.2, 0.25) is 0 Å². The van der Waals surface area contributed by atoms with Gasteiger partial charge in [0, 0.05) is 12.4 Å². The highest BCUT2D eigenvalue weighted by Gasteiger charge is 2.04. The second-order valence-corrected chi connectivity index (χ2v) is 5.04. The largest absolute Gasteiger partial charge is 0.354 e. The van der Waals surface area contributed by atoms with Gasteiger partial charge in [-0.2, -0.15) is 0 Å². The van der Waals surface area contributed by atoms with Crippen LogP contribution in [0.5, 0.6) is 0 Å². The van der Waals surface area contributed by atoms with Crippen molar-refractivity contribution in [1.82, 2.24) is 15.0 Å². The van der Waals surface area contributed by atoms with Gasteiger partial charge < -0.3 is 5.32 Å². The Morgan fingerprint density at radius 2 is 2.06 bits per heavy atom. The van der Waals surface area contributed by atoms with E-state index in [2.05, 4.69) is 39.3 Å². The number of fused-ring (bicyclic) bond motifs is 1. The molecule has 0 fully saturated rings. The Labute approximate surface area is 109 Å². The summed E-state index contributed by atoms with van der Waals surface area (Å²) in [7, 11) is 0. The second kappa shape index (κ2) is 4.70. The molecule has 3 aromatic rings. The number of anilines is 1. The van der Waals surface area contributed by atoms with Crippen molar-refractivity contribution in [2.75, 3.05) is 5.32 Å². The summed E-state index contributed by atoms with van der Waals surface area (Å²) >= 11 is 1.65. The lowest BCUT2D eigenvalue weighted by molar-refractivity contribution is 0.947. The highest BCUT2D eigenvalue weighted by Crippen LogP contribution is 2.26. The first kappa shape index (κ1) is 11.1. The van der Waals surface area contributed by atoms with E-state index in [-0.39, 0.29) is 0 Å². The molecule has 0 bridgehead atoms. The fraction of sp³-hybridized carbons (Fsp3) is 0.154. The Morgan fingerprint density at radius 3 is 2.89 bits per heavy atom. The zero-order valence-electron chi connectivity index (χ0n) is 9.92. The topological polar surface area (TPSA) is 50.7 Å². The van der Waals surface area contributed by atoms with Crippen LogP contribution in [0.4, 0.5) is 5.13 Å². The van der Waals surface area contributed by atoms with Crippen LogP contribution in [0.3, 0.4) is 0 Å². The molecule has 3 rings (SSSR count). The van der Waals surface area contributed by atoms with Gasteiger partial charge in [-0.1, -0.05) is 17.4 Å². The Bertz CT molecular complexity index is 663. The second-order valence-electron chi connectivity index (χ2n) is 4.01. The molecule has 2 aromatic heterocycles. The van der Waals surface area contributed by atoms with Gasteiger partial charge in [0.1, 0.15) is 5.82 Å². The van der Waals surface area contributed by atoms with E-state index in [1.165, 1.54) is 10.3 Å². The highest BCUT2D eigenvalue weighted by atomic mass is 32.1. The zero-order valence-corrected chi connectivity index (χ0v) is 10.7. The maximum Gasteiger partial charge on any atom is 0.184 e. The molecule has 1 aromatic carbocycles. The highest BCUT2D eigenvalue weighted by molar-refractivity contribution is 7.22. The summed E-state index contributed by atoms with van der Waals surface area (Å²) in [6, 6.07) is 8.08. The molecule has 0 aliphatic carbocycles. The van der Waals surface area contributed by atoms with E-state index in [1.54, 1.807) is 23.7 Å². The molecule has 0 aliphatic rings. The number of hydrogen-bond acceptors (Lipinski definition) is 5. The van der Waals surface area contributed by atoms with Crippen LogP contribution < -0.4 is 5.32 Å². The normalized spacial score (nSPS) is 10.7. The summed E-state index contributed by atoms with van der Waals surface area (Å²) in [5.41, 5.74) is 2.28. The summed E-state index contributed by atoms with van der Waals surface area (Å²) in [6.45, 7) is 2.68. The van der Waals surface area contributed by atoms with Gasteiger partial charge in [-0.05, 0) is 30.7 Å². The van der Waals surface area contributed by atoms with Gasteiger partial charge in [0.2, 0.25) is 0 Å². The number of rotatable bonds is 3. The summed E-state index contributed by atoms with van der Waals surface area (Å²) in [6.07, 6.45) is 3.48. The predicted molar refractivity (Wildman–Crippen MR) is 73.7 cm³/mol. The summed E-state index contributed by atoms with van der Waals surface area (Å²) in [5, 5.41) is 4.16. The van der Waals surface area contributed by atoms with Gasteiger partial charge in [0.05, 0.1) is 16.8 Å². The Hall–Kier alpha value is -2.01. The molecular weight excluding hydrogens is 244 g/mol. The molecule has 1 N–H and O–H groups in total. The number of benzene rings is 1. The van der Waals surface area contributed by atoms with E-state index < -0.39 is 0 Å². The van der Waals surface area contributed by atoms with E-state index >= 15 is 0 Å². The third-order valence-corrected chi connectivity index (χ3v) is 3.54.